The Labute approximate surface area is 136 Å². The third kappa shape index (κ3) is 3.62. The van der Waals surface area contributed by atoms with E-state index in [2.05, 4.69) is 38.8 Å². The molecule has 20 heavy (non-hydrogen) atoms. The highest BCUT2D eigenvalue weighted by molar-refractivity contribution is 9.11. The number of hydrogen-bond donors (Lipinski definition) is 1. The summed E-state index contributed by atoms with van der Waals surface area (Å²) < 4.78 is 7.54. The van der Waals surface area contributed by atoms with Crippen LogP contribution in [0.2, 0.25) is 0 Å². The average molecular weight is 400 g/mol. The fraction of sp³-hybridized carbons (Fsp3) is 0.250. The van der Waals surface area contributed by atoms with Crippen LogP contribution in [0.5, 0.6) is 5.75 Å². The van der Waals surface area contributed by atoms with E-state index in [0.29, 0.717) is 6.61 Å². The Morgan fingerprint density at radius 3 is 2.55 bits per heavy atom. The largest absolute Gasteiger partial charge is 0.493 e. The van der Waals surface area contributed by atoms with Crippen molar-refractivity contribution in [1.29, 1.82) is 0 Å². The van der Waals surface area contributed by atoms with Crippen molar-refractivity contribution >= 4 is 31.9 Å². The second kappa shape index (κ2) is 7.25. The van der Waals surface area contributed by atoms with E-state index in [1.807, 2.05) is 42.5 Å². The van der Waals surface area contributed by atoms with Crippen LogP contribution in [0.3, 0.4) is 0 Å². The van der Waals surface area contributed by atoms with Crippen molar-refractivity contribution in [3.63, 3.8) is 0 Å². The number of benzene rings is 2. The van der Waals surface area contributed by atoms with Crippen LogP contribution in [0.25, 0.3) is 0 Å². The van der Waals surface area contributed by atoms with Gasteiger partial charge in [-0.3, -0.25) is 0 Å². The summed E-state index contributed by atoms with van der Waals surface area (Å²) in [6, 6.07) is 13.3. The topological polar surface area (TPSA) is 29.5 Å². The van der Waals surface area contributed by atoms with Gasteiger partial charge in [0, 0.05) is 14.5 Å². The Morgan fingerprint density at radius 1 is 1.10 bits per heavy atom. The van der Waals surface area contributed by atoms with Gasteiger partial charge in [-0.05, 0) is 30.2 Å². The summed E-state index contributed by atoms with van der Waals surface area (Å²) in [7, 11) is 0. The maximum atomic E-state index is 10.6. The Morgan fingerprint density at radius 2 is 1.85 bits per heavy atom. The molecule has 0 saturated heterocycles. The number of hydrogen-bond acceptors (Lipinski definition) is 2. The van der Waals surface area contributed by atoms with Gasteiger partial charge in [0.15, 0.2) is 0 Å². The molecule has 0 bridgehead atoms. The van der Waals surface area contributed by atoms with Gasteiger partial charge in [0.05, 0.1) is 6.61 Å². The lowest BCUT2D eigenvalue weighted by atomic mass is 10.0. The normalized spacial score (nSPS) is 12.2. The third-order valence-electron chi connectivity index (χ3n) is 2.93. The molecule has 0 fully saturated rings. The van der Waals surface area contributed by atoms with Crippen LogP contribution in [-0.4, -0.2) is 11.7 Å². The monoisotopic (exact) mass is 398 g/mol. The lowest BCUT2D eigenvalue weighted by Crippen LogP contribution is -2.05. The predicted octanol–water partition coefficient (Wildman–Crippen LogP) is 5.08. The molecule has 0 heterocycles. The SMILES string of the molecule is CCCOc1ccccc1C(O)c1ccc(Br)cc1Br. The molecule has 1 N–H and O–H groups in total. The van der Waals surface area contributed by atoms with Crippen molar-refractivity contribution in [1.82, 2.24) is 0 Å². The number of aliphatic hydroxyl groups is 1. The fourth-order valence-electron chi connectivity index (χ4n) is 1.94. The van der Waals surface area contributed by atoms with Crippen LogP contribution in [0.4, 0.5) is 0 Å². The molecule has 0 radical (unpaired) electrons. The second-order valence-electron chi connectivity index (χ2n) is 4.45. The molecule has 0 amide bonds. The summed E-state index contributed by atoms with van der Waals surface area (Å²) in [5.41, 5.74) is 1.60. The first-order chi connectivity index (χ1) is 9.63. The van der Waals surface area contributed by atoms with E-state index < -0.39 is 6.10 Å². The highest BCUT2D eigenvalue weighted by Gasteiger charge is 2.17. The molecular weight excluding hydrogens is 384 g/mol. The predicted molar refractivity (Wildman–Crippen MR) is 88.1 cm³/mol. The summed E-state index contributed by atoms with van der Waals surface area (Å²) in [6.45, 7) is 2.70. The van der Waals surface area contributed by atoms with Crippen molar-refractivity contribution < 1.29 is 9.84 Å². The quantitative estimate of drug-likeness (QED) is 0.759. The van der Waals surface area contributed by atoms with Crippen molar-refractivity contribution in [2.45, 2.75) is 19.4 Å². The number of halogens is 2. The molecule has 0 aliphatic rings. The molecule has 4 heteroatoms. The average Bonchev–Trinajstić information content (AvgIpc) is 2.45. The van der Waals surface area contributed by atoms with E-state index in [9.17, 15) is 5.11 Å². The van der Waals surface area contributed by atoms with Gasteiger partial charge in [-0.15, -0.1) is 0 Å². The minimum Gasteiger partial charge on any atom is -0.493 e. The van der Waals surface area contributed by atoms with E-state index >= 15 is 0 Å². The number of rotatable bonds is 5. The van der Waals surface area contributed by atoms with Gasteiger partial charge in [-0.2, -0.15) is 0 Å². The molecule has 0 saturated carbocycles. The molecule has 0 aliphatic heterocycles. The molecular formula is C16H16Br2O2. The van der Waals surface area contributed by atoms with Gasteiger partial charge in [0.2, 0.25) is 0 Å². The molecule has 2 rings (SSSR count). The first-order valence-electron chi connectivity index (χ1n) is 6.48. The van der Waals surface area contributed by atoms with Crippen molar-refractivity contribution in [3.05, 3.63) is 62.5 Å². The minimum atomic E-state index is -0.717. The molecule has 2 nitrogen and oxygen atoms in total. The second-order valence-corrected chi connectivity index (χ2v) is 6.22. The molecule has 1 atom stereocenters. The van der Waals surface area contributed by atoms with Crippen molar-refractivity contribution in [2.75, 3.05) is 6.61 Å². The van der Waals surface area contributed by atoms with E-state index in [4.69, 9.17) is 4.74 Å². The summed E-state index contributed by atoms with van der Waals surface area (Å²) >= 11 is 6.91. The van der Waals surface area contributed by atoms with Crippen LogP contribution < -0.4 is 4.74 Å². The minimum absolute atomic E-state index is 0.644. The van der Waals surface area contributed by atoms with Gasteiger partial charge in [-0.1, -0.05) is 63.0 Å². The van der Waals surface area contributed by atoms with Gasteiger partial charge >= 0.3 is 0 Å². The zero-order valence-corrected chi connectivity index (χ0v) is 14.3. The van der Waals surface area contributed by atoms with E-state index in [0.717, 1.165) is 32.2 Å². The molecule has 0 aliphatic carbocycles. The highest BCUT2D eigenvalue weighted by Crippen LogP contribution is 2.34. The van der Waals surface area contributed by atoms with Gasteiger partial charge < -0.3 is 9.84 Å². The summed E-state index contributed by atoms with van der Waals surface area (Å²) in [6.07, 6.45) is 0.220. The first-order valence-corrected chi connectivity index (χ1v) is 8.06. The van der Waals surface area contributed by atoms with Gasteiger partial charge in [0.1, 0.15) is 11.9 Å². The highest BCUT2D eigenvalue weighted by atomic mass is 79.9. The lowest BCUT2D eigenvalue weighted by Gasteiger charge is -2.17. The zero-order chi connectivity index (χ0) is 14.5. The van der Waals surface area contributed by atoms with Crippen LogP contribution in [0, 0.1) is 0 Å². The smallest absolute Gasteiger partial charge is 0.125 e. The fourth-order valence-corrected chi connectivity index (χ4v) is 3.20. The molecule has 2 aromatic carbocycles. The Balaban J connectivity index is 2.35. The summed E-state index contributed by atoms with van der Waals surface area (Å²) in [5.74, 6) is 0.733. The molecule has 2 aromatic rings. The zero-order valence-electron chi connectivity index (χ0n) is 11.1. The Bertz CT molecular complexity index is 584. The standard InChI is InChI=1S/C16H16Br2O2/c1-2-9-20-15-6-4-3-5-13(15)16(19)12-8-7-11(17)10-14(12)18/h3-8,10,16,19H,2,9H2,1H3. The summed E-state index contributed by atoms with van der Waals surface area (Å²) in [5, 5.41) is 10.6. The molecule has 0 spiro atoms. The van der Waals surface area contributed by atoms with Gasteiger partial charge in [-0.25, -0.2) is 0 Å². The van der Waals surface area contributed by atoms with Crippen LogP contribution >= 0.6 is 31.9 Å². The Hall–Kier alpha value is -0.840. The number of ether oxygens (including phenoxy) is 1. The Kier molecular flexibility index (Phi) is 5.64. The van der Waals surface area contributed by atoms with Crippen LogP contribution in [0.15, 0.2) is 51.4 Å². The number of aliphatic hydroxyl groups excluding tert-OH is 1. The van der Waals surface area contributed by atoms with E-state index in [1.165, 1.54) is 0 Å². The molecule has 0 aromatic heterocycles. The van der Waals surface area contributed by atoms with Crippen LogP contribution in [0.1, 0.15) is 30.6 Å². The van der Waals surface area contributed by atoms with Gasteiger partial charge in [0.25, 0.3) is 0 Å². The maximum absolute atomic E-state index is 10.6. The van der Waals surface area contributed by atoms with E-state index in [1.54, 1.807) is 0 Å². The van der Waals surface area contributed by atoms with E-state index in [-0.39, 0.29) is 0 Å². The lowest BCUT2D eigenvalue weighted by molar-refractivity contribution is 0.210. The first kappa shape index (κ1) is 15.5. The third-order valence-corrected chi connectivity index (χ3v) is 4.11. The van der Waals surface area contributed by atoms with Crippen molar-refractivity contribution in [2.24, 2.45) is 0 Å². The van der Waals surface area contributed by atoms with Crippen LogP contribution in [-0.2, 0) is 0 Å². The molecule has 1 unspecified atom stereocenters. The van der Waals surface area contributed by atoms with Crippen molar-refractivity contribution in [3.8, 4) is 5.75 Å². The summed E-state index contributed by atoms with van der Waals surface area (Å²) in [4.78, 5) is 0. The molecule has 106 valence electrons. The number of para-hydroxylation sites is 1. The maximum Gasteiger partial charge on any atom is 0.125 e.